The predicted molar refractivity (Wildman–Crippen MR) is 123 cm³/mol. The van der Waals surface area contributed by atoms with E-state index in [0.717, 1.165) is 5.56 Å². The molecule has 0 fully saturated rings. The molecular formula is C24H20FN5O3. The number of hydrogen-bond acceptors (Lipinski definition) is 4. The molecular weight excluding hydrogens is 425 g/mol. The van der Waals surface area contributed by atoms with E-state index in [-0.39, 0.29) is 11.9 Å². The summed E-state index contributed by atoms with van der Waals surface area (Å²) in [6, 6.07) is 13.4. The number of rotatable bonds is 4. The first-order valence-corrected chi connectivity index (χ1v) is 10.3. The molecule has 0 aliphatic heterocycles. The molecule has 0 radical (unpaired) electrons. The van der Waals surface area contributed by atoms with Crippen molar-refractivity contribution in [1.82, 2.24) is 24.8 Å². The maximum Gasteiger partial charge on any atom is 0.408 e. The Labute approximate surface area is 186 Å². The lowest BCUT2D eigenvalue weighted by Crippen LogP contribution is -2.45. The smallest absolute Gasteiger partial charge is 0.408 e. The summed E-state index contributed by atoms with van der Waals surface area (Å²) in [5, 5.41) is 11.2. The topological polar surface area (TPSA) is 115 Å². The van der Waals surface area contributed by atoms with Gasteiger partial charge in [0.15, 0.2) is 0 Å². The summed E-state index contributed by atoms with van der Waals surface area (Å²) in [7, 11) is 0. The van der Waals surface area contributed by atoms with E-state index in [9.17, 15) is 19.1 Å². The Morgan fingerprint density at radius 3 is 2.61 bits per heavy atom. The predicted octanol–water partition coefficient (Wildman–Crippen LogP) is 4.51. The van der Waals surface area contributed by atoms with Gasteiger partial charge in [-0.05, 0) is 37.6 Å². The highest BCUT2D eigenvalue weighted by Crippen LogP contribution is 2.35. The summed E-state index contributed by atoms with van der Waals surface area (Å²) in [5.74, 6) is -0.0987. The molecule has 0 unspecified atom stereocenters. The van der Waals surface area contributed by atoms with E-state index in [0.29, 0.717) is 33.1 Å². The number of nitrogens with zero attached hydrogens (tertiary/aromatic N) is 3. The number of carbonyl (C=O) groups is 1. The molecule has 1 amide bonds. The molecule has 0 saturated heterocycles. The van der Waals surface area contributed by atoms with Crippen LogP contribution in [0.4, 0.5) is 9.18 Å². The van der Waals surface area contributed by atoms with E-state index in [1.807, 2.05) is 30.3 Å². The maximum atomic E-state index is 14.1. The number of aromatic nitrogens is 4. The highest BCUT2D eigenvalue weighted by Gasteiger charge is 2.36. The van der Waals surface area contributed by atoms with Gasteiger partial charge in [0, 0.05) is 10.8 Å². The second-order valence-electron chi connectivity index (χ2n) is 8.37. The van der Waals surface area contributed by atoms with Gasteiger partial charge in [0.05, 0.1) is 34.8 Å². The SMILES string of the molecule is CC(C)(c1nc2c3ccc(F)cc3c3c(=O)[nH]cnc3c2[nH]1)N(Cc1ccccc1)C(=O)O. The van der Waals surface area contributed by atoms with Crippen LogP contribution in [0.15, 0.2) is 59.7 Å². The first-order valence-electron chi connectivity index (χ1n) is 10.3. The Bertz CT molecular complexity index is 1590. The van der Waals surface area contributed by atoms with Crippen molar-refractivity contribution in [1.29, 1.82) is 0 Å². The number of nitrogens with one attached hydrogen (secondary N) is 2. The van der Waals surface area contributed by atoms with Crippen LogP contribution in [0.25, 0.3) is 32.7 Å². The van der Waals surface area contributed by atoms with E-state index in [4.69, 9.17) is 4.98 Å². The van der Waals surface area contributed by atoms with E-state index in [1.54, 1.807) is 19.9 Å². The Hall–Kier alpha value is -4.27. The Morgan fingerprint density at radius 1 is 1.12 bits per heavy atom. The number of hydrogen-bond donors (Lipinski definition) is 3. The Balaban J connectivity index is 1.76. The molecule has 3 aromatic carbocycles. The lowest BCUT2D eigenvalue weighted by molar-refractivity contribution is 0.0823. The summed E-state index contributed by atoms with van der Waals surface area (Å²) in [4.78, 5) is 40.9. The third-order valence-electron chi connectivity index (χ3n) is 5.97. The molecule has 5 rings (SSSR count). The largest absolute Gasteiger partial charge is 0.465 e. The van der Waals surface area contributed by atoms with Crippen molar-refractivity contribution >= 4 is 38.8 Å². The zero-order chi connectivity index (χ0) is 23.3. The van der Waals surface area contributed by atoms with Gasteiger partial charge in [-0.25, -0.2) is 19.2 Å². The van der Waals surface area contributed by atoms with Crippen molar-refractivity contribution in [2.75, 3.05) is 0 Å². The summed E-state index contributed by atoms with van der Waals surface area (Å²) in [5.41, 5.74) is 0.701. The second kappa shape index (κ2) is 7.40. The second-order valence-corrected chi connectivity index (χ2v) is 8.37. The van der Waals surface area contributed by atoms with Gasteiger partial charge in [-0.1, -0.05) is 30.3 Å². The summed E-state index contributed by atoms with van der Waals surface area (Å²) >= 11 is 0. The van der Waals surface area contributed by atoms with Gasteiger partial charge in [-0.2, -0.15) is 0 Å². The number of amides is 1. The lowest BCUT2D eigenvalue weighted by Gasteiger charge is -2.35. The van der Waals surface area contributed by atoms with Gasteiger partial charge in [0.25, 0.3) is 5.56 Å². The van der Waals surface area contributed by atoms with E-state index < -0.39 is 23.0 Å². The third-order valence-corrected chi connectivity index (χ3v) is 5.97. The van der Waals surface area contributed by atoms with Crippen LogP contribution in [0.1, 0.15) is 25.2 Å². The van der Waals surface area contributed by atoms with Crippen LogP contribution in [0, 0.1) is 5.82 Å². The number of halogens is 1. The van der Waals surface area contributed by atoms with Gasteiger partial charge >= 0.3 is 6.09 Å². The first kappa shape index (κ1) is 20.6. The molecule has 3 N–H and O–H groups in total. The molecule has 0 bridgehead atoms. The lowest BCUT2D eigenvalue weighted by atomic mass is 10.0. The molecule has 0 atom stereocenters. The number of imidazole rings is 1. The monoisotopic (exact) mass is 445 g/mol. The van der Waals surface area contributed by atoms with Crippen LogP contribution in [0.3, 0.4) is 0 Å². The van der Waals surface area contributed by atoms with Crippen LogP contribution in [0.2, 0.25) is 0 Å². The quantitative estimate of drug-likeness (QED) is 0.352. The zero-order valence-corrected chi connectivity index (χ0v) is 17.9. The van der Waals surface area contributed by atoms with Gasteiger partial charge in [-0.3, -0.25) is 9.69 Å². The number of benzene rings is 3. The molecule has 2 aromatic heterocycles. The maximum absolute atomic E-state index is 14.1. The summed E-state index contributed by atoms with van der Waals surface area (Å²) in [6.07, 6.45) is 0.176. The van der Waals surface area contributed by atoms with Crippen LogP contribution in [-0.2, 0) is 12.1 Å². The van der Waals surface area contributed by atoms with Crippen molar-refractivity contribution < 1.29 is 14.3 Å². The fourth-order valence-corrected chi connectivity index (χ4v) is 4.20. The first-order chi connectivity index (χ1) is 15.8. The molecule has 2 heterocycles. The average Bonchev–Trinajstić information content (AvgIpc) is 3.24. The van der Waals surface area contributed by atoms with Gasteiger partial charge in [-0.15, -0.1) is 0 Å². The molecule has 5 aromatic rings. The molecule has 0 saturated carbocycles. The molecule has 9 heteroatoms. The van der Waals surface area contributed by atoms with Crippen molar-refractivity contribution in [2.45, 2.75) is 25.9 Å². The summed E-state index contributed by atoms with van der Waals surface area (Å²) in [6.45, 7) is 3.67. The molecule has 8 nitrogen and oxygen atoms in total. The Kier molecular flexibility index (Phi) is 4.63. The van der Waals surface area contributed by atoms with Crippen molar-refractivity contribution in [3.63, 3.8) is 0 Å². The van der Waals surface area contributed by atoms with Crippen LogP contribution >= 0.6 is 0 Å². The zero-order valence-electron chi connectivity index (χ0n) is 17.9. The molecule has 166 valence electrons. The van der Waals surface area contributed by atoms with E-state index in [1.165, 1.54) is 23.4 Å². The number of carboxylic acid groups (broad SMARTS) is 1. The minimum atomic E-state index is -1.10. The van der Waals surface area contributed by atoms with Crippen LogP contribution < -0.4 is 5.56 Å². The fraction of sp³-hybridized carbons (Fsp3) is 0.167. The number of fused-ring (bicyclic) bond motifs is 6. The van der Waals surface area contributed by atoms with Gasteiger partial charge in [0.1, 0.15) is 17.2 Å². The molecule has 33 heavy (non-hydrogen) atoms. The molecule has 0 spiro atoms. The van der Waals surface area contributed by atoms with E-state index >= 15 is 0 Å². The minimum absolute atomic E-state index is 0.158. The normalized spacial score (nSPS) is 12.0. The van der Waals surface area contributed by atoms with Crippen molar-refractivity contribution in [2.24, 2.45) is 0 Å². The van der Waals surface area contributed by atoms with E-state index in [2.05, 4.69) is 15.0 Å². The highest BCUT2D eigenvalue weighted by atomic mass is 19.1. The Morgan fingerprint density at radius 2 is 1.88 bits per heavy atom. The summed E-state index contributed by atoms with van der Waals surface area (Å²) < 4.78 is 14.1. The fourth-order valence-electron chi connectivity index (χ4n) is 4.20. The number of H-pyrrole nitrogens is 2. The van der Waals surface area contributed by atoms with Gasteiger partial charge in [0.2, 0.25) is 0 Å². The highest BCUT2D eigenvalue weighted by molar-refractivity contribution is 6.21. The van der Waals surface area contributed by atoms with Crippen molar-refractivity contribution in [3.05, 3.63) is 82.4 Å². The third kappa shape index (κ3) is 3.29. The van der Waals surface area contributed by atoms with Gasteiger partial charge < -0.3 is 15.1 Å². The average molecular weight is 445 g/mol. The standard InChI is InChI=1S/C24H20FN5O3/c1-24(2,30(23(32)33)11-13-6-4-3-5-7-13)22-28-18-15-9-8-14(25)10-16(15)17-19(20(18)29-22)26-12-27-21(17)31/h3-10,12H,11H2,1-2H3,(H,28,29)(H,32,33)(H,26,27,31). The number of aromatic amines is 2. The molecule has 0 aliphatic carbocycles. The molecule has 0 aliphatic rings. The van der Waals surface area contributed by atoms with Crippen LogP contribution in [0.5, 0.6) is 0 Å². The van der Waals surface area contributed by atoms with Crippen LogP contribution in [-0.4, -0.2) is 36.0 Å². The van der Waals surface area contributed by atoms with Crippen molar-refractivity contribution in [3.8, 4) is 0 Å². The minimum Gasteiger partial charge on any atom is -0.465 e.